The maximum atomic E-state index is 8.93. The third-order valence-electron chi connectivity index (χ3n) is 0.333. The van der Waals surface area contributed by atoms with Gasteiger partial charge in [0, 0.05) is 0 Å². The van der Waals surface area contributed by atoms with Crippen molar-refractivity contribution in [2.45, 2.75) is 0 Å². The number of hydrogen-bond donors (Lipinski definition) is 0. The SMILES string of the molecule is O=C([O-])C(=O)[O-].O=C([O-])C(=O)[O-].[H-].[Li+].[Li+].[Li+].[Li+].[Li+].[Li+].[Li+].[Li+].[O-]B([O-])[O-]. The summed E-state index contributed by atoms with van der Waals surface area (Å²) >= 11 is 0. The molecule has 0 aromatic rings. The van der Waals surface area contributed by atoms with E-state index in [1.807, 2.05) is 0 Å². The number of rotatable bonds is 0. The van der Waals surface area contributed by atoms with Crippen molar-refractivity contribution in [3.05, 3.63) is 0 Å². The van der Waals surface area contributed by atoms with Crippen molar-refractivity contribution >= 4 is 31.2 Å². The number of carbonyl (C=O) groups excluding carboxylic acids is 4. The second kappa shape index (κ2) is 50.0. The van der Waals surface area contributed by atoms with Crippen LogP contribution in [0.3, 0.4) is 0 Å². The Labute approximate surface area is 235 Å². The van der Waals surface area contributed by atoms with Gasteiger partial charge in [-0.15, -0.1) is 0 Å². The summed E-state index contributed by atoms with van der Waals surface area (Å²) in [4.78, 5) is 35.7. The Morgan fingerprint density at radius 1 is 0.458 bits per heavy atom. The van der Waals surface area contributed by atoms with Crippen molar-refractivity contribution in [1.29, 1.82) is 0 Å². The fraction of sp³-hybridized carbons (Fsp3) is 0. The van der Waals surface area contributed by atoms with E-state index in [4.69, 9.17) is 54.7 Å². The number of aliphatic carboxylic acids is 4. The first kappa shape index (κ1) is 71.6. The molecule has 0 bridgehead atoms. The third kappa shape index (κ3) is 122. The Hall–Kier alpha value is 2.60. The van der Waals surface area contributed by atoms with Crippen LogP contribution in [0.15, 0.2) is 0 Å². The molecule has 0 radical (unpaired) electrons. The van der Waals surface area contributed by atoms with Gasteiger partial charge in [-0.3, -0.25) is 7.32 Å². The molecular weight excluding hydrogens is 290 g/mol. The first-order valence-electron chi connectivity index (χ1n) is 2.84. The minimum atomic E-state index is -2.92. The van der Waals surface area contributed by atoms with Crippen molar-refractivity contribution < 1.29 is 207 Å². The van der Waals surface area contributed by atoms with Crippen LogP contribution in [0, 0.1) is 0 Å². The summed E-state index contributed by atoms with van der Waals surface area (Å²) in [6.45, 7) is 0. The summed E-state index contributed by atoms with van der Waals surface area (Å²) in [6, 6.07) is 0. The summed E-state index contributed by atoms with van der Waals surface area (Å²) in [5, 5.41) is 61.0. The maximum Gasteiger partial charge on any atom is 1.00 e. The largest absolute Gasteiger partial charge is 1.00 e. The van der Waals surface area contributed by atoms with E-state index < -0.39 is 31.2 Å². The molecule has 0 fully saturated rings. The first-order valence-corrected chi connectivity index (χ1v) is 2.84. The molecule has 0 saturated carbocycles. The number of carbonyl (C=O) groups is 4. The van der Waals surface area contributed by atoms with Gasteiger partial charge < -0.3 is 56.1 Å². The molecule has 0 rings (SSSR count). The predicted octanol–water partition coefficient (Wildman–Crippen LogP) is -34.8. The van der Waals surface area contributed by atoms with E-state index in [-0.39, 0.29) is 152 Å². The Balaban J connectivity index is -0.00000000870. The molecule has 0 aromatic carbocycles. The molecule has 20 heteroatoms. The second-order valence-electron chi connectivity index (χ2n) is 1.44. The van der Waals surface area contributed by atoms with E-state index >= 15 is 0 Å². The zero-order valence-corrected chi connectivity index (χ0v) is 15.1. The monoisotopic (exact) mass is 292 g/mol. The molecule has 0 saturated heterocycles. The number of carboxylic acids is 4. The summed E-state index contributed by atoms with van der Waals surface area (Å²) < 4.78 is 0. The summed E-state index contributed by atoms with van der Waals surface area (Å²) in [7, 11) is -2.92. The standard InChI is InChI=1S/2C2H2O4.BO3.8Li.H/c2*3-1(4)2(5)6;2-1(3)4;;;;;;;;;/h2*(H,3,4)(H,5,6);;;;;;;;;;/q;;-3;8*+1;-1/p-4. The molecule has 0 atom stereocenters. The van der Waals surface area contributed by atoms with Crippen LogP contribution >= 0.6 is 0 Å². The number of hydrogen-bond acceptors (Lipinski definition) is 11. The molecule has 0 aliphatic rings. The zero-order chi connectivity index (χ0) is 13.9. The van der Waals surface area contributed by atoms with Gasteiger partial charge >= 0.3 is 151 Å². The molecule has 0 heterocycles. The van der Waals surface area contributed by atoms with Gasteiger partial charge in [0.25, 0.3) is 0 Å². The van der Waals surface area contributed by atoms with Crippen LogP contribution in [-0.4, -0.2) is 31.2 Å². The fourth-order valence-corrected chi connectivity index (χ4v) is 0. The van der Waals surface area contributed by atoms with Gasteiger partial charge in [-0.2, -0.15) is 0 Å². The normalized spacial score (nSPS) is 4.79. The van der Waals surface area contributed by atoms with Crippen molar-refractivity contribution in [2.24, 2.45) is 0 Å². The average Bonchev–Trinajstić information content (AvgIpc) is 2.03. The molecule has 0 aliphatic heterocycles. The van der Waals surface area contributed by atoms with Gasteiger partial charge in [0.05, 0.1) is 23.9 Å². The van der Waals surface area contributed by atoms with E-state index in [2.05, 4.69) is 0 Å². The van der Waals surface area contributed by atoms with Gasteiger partial charge in [0.15, 0.2) is 0 Å². The van der Waals surface area contributed by atoms with Crippen LogP contribution in [0.5, 0.6) is 0 Å². The molecule has 0 spiro atoms. The average molecular weight is 291 g/mol. The van der Waals surface area contributed by atoms with Crippen molar-refractivity contribution in [3.63, 3.8) is 0 Å². The molecule has 0 N–H and O–H groups in total. The Bertz CT molecular complexity index is 234. The summed E-state index contributed by atoms with van der Waals surface area (Å²) in [5.74, 6) is -8.74. The van der Waals surface area contributed by atoms with Gasteiger partial charge in [-0.25, -0.2) is 0 Å². The van der Waals surface area contributed by atoms with Crippen LogP contribution in [-0.2, 0) is 19.2 Å². The van der Waals surface area contributed by atoms with Crippen LogP contribution in [0.1, 0.15) is 1.43 Å². The predicted molar refractivity (Wildman–Crippen MR) is 26.9 cm³/mol. The van der Waals surface area contributed by atoms with Crippen LogP contribution in [0.25, 0.3) is 0 Å². The number of carboxylic acid groups (broad SMARTS) is 4. The molecule has 24 heavy (non-hydrogen) atoms. The minimum Gasteiger partial charge on any atom is -1.00 e. The van der Waals surface area contributed by atoms with Gasteiger partial charge in [0.2, 0.25) is 0 Å². The maximum absolute atomic E-state index is 8.93. The molecule has 0 aliphatic carbocycles. The third-order valence-corrected chi connectivity index (χ3v) is 0.333. The van der Waals surface area contributed by atoms with E-state index in [9.17, 15) is 0 Å². The van der Waals surface area contributed by atoms with Gasteiger partial charge in [-0.1, -0.05) is 0 Å². The van der Waals surface area contributed by atoms with Crippen molar-refractivity contribution in [1.82, 2.24) is 0 Å². The van der Waals surface area contributed by atoms with E-state index in [0.717, 1.165) is 0 Å². The molecule has 11 nitrogen and oxygen atoms in total. The second-order valence-corrected chi connectivity index (χ2v) is 1.44. The smallest absolute Gasteiger partial charge is 1.00 e. The minimum absolute atomic E-state index is 0. The van der Waals surface area contributed by atoms with E-state index in [0.29, 0.717) is 0 Å². The Morgan fingerprint density at radius 3 is 0.500 bits per heavy atom. The van der Waals surface area contributed by atoms with Gasteiger partial charge in [-0.05, 0) is 0 Å². The Kier molecular flexibility index (Phi) is 149. The molecule has 94 valence electrons. The molecule has 0 aromatic heterocycles. The fourth-order valence-electron chi connectivity index (χ4n) is 0. The van der Waals surface area contributed by atoms with Crippen molar-refractivity contribution in [3.8, 4) is 0 Å². The molecular formula is C4HBLi8O11. The van der Waals surface area contributed by atoms with Crippen LogP contribution in [0.4, 0.5) is 0 Å². The van der Waals surface area contributed by atoms with Crippen LogP contribution in [0.2, 0.25) is 0 Å². The van der Waals surface area contributed by atoms with Crippen LogP contribution < -0.4 is 186 Å². The summed E-state index contributed by atoms with van der Waals surface area (Å²) in [6.07, 6.45) is 0. The van der Waals surface area contributed by atoms with E-state index in [1.54, 1.807) is 0 Å². The molecule has 0 amide bonds. The van der Waals surface area contributed by atoms with Gasteiger partial charge in [0.1, 0.15) is 0 Å². The van der Waals surface area contributed by atoms with E-state index in [1.165, 1.54) is 0 Å². The Morgan fingerprint density at radius 2 is 0.500 bits per heavy atom. The molecule has 0 unspecified atom stereocenters. The topological polar surface area (TPSA) is 230 Å². The quantitative estimate of drug-likeness (QED) is 0.300. The summed E-state index contributed by atoms with van der Waals surface area (Å²) in [5.41, 5.74) is 0. The zero-order valence-electron chi connectivity index (χ0n) is 16.1. The first-order chi connectivity index (χ1) is 7.02. The van der Waals surface area contributed by atoms with Crippen molar-refractivity contribution in [2.75, 3.05) is 0 Å².